The molecule has 30 heavy (non-hydrogen) atoms. The normalized spacial score (nSPS) is 11.4. The van der Waals surface area contributed by atoms with Crippen molar-refractivity contribution in [3.63, 3.8) is 0 Å². The Kier molecular flexibility index (Phi) is 5.19. The van der Waals surface area contributed by atoms with Crippen LogP contribution in [0.5, 0.6) is 5.75 Å². The lowest BCUT2D eigenvalue weighted by molar-refractivity contribution is 0.339. The third kappa shape index (κ3) is 3.80. The van der Waals surface area contributed by atoms with E-state index in [4.69, 9.17) is 4.52 Å². The molecule has 146 valence electrons. The first kappa shape index (κ1) is 18.8. The van der Waals surface area contributed by atoms with Gasteiger partial charge in [-0.25, -0.2) is 0 Å². The van der Waals surface area contributed by atoms with E-state index in [0.717, 1.165) is 16.2 Å². The van der Waals surface area contributed by atoms with Gasteiger partial charge < -0.3 is 9.63 Å². The van der Waals surface area contributed by atoms with Gasteiger partial charge in [-0.05, 0) is 39.7 Å². The highest BCUT2D eigenvalue weighted by molar-refractivity contribution is 7.68. The zero-order chi connectivity index (χ0) is 20.3. The summed E-state index contributed by atoms with van der Waals surface area (Å²) in [5, 5.41) is 17.3. The van der Waals surface area contributed by atoms with E-state index in [1.807, 2.05) is 18.2 Å². The Morgan fingerprint density at radius 1 is 0.567 bits per heavy atom. The van der Waals surface area contributed by atoms with Crippen LogP contribution in [-0.4, -0.2) is 5.11 Å². The van der Waals surface area contributed by atoms with Gasteiger partial charge in [0.1, 0.15) is 5.75 Å². The molecule has 0 fully saturated rings. The van der Waals surface area contributed by atoms with Crippen LogP contribution in [-0.2, 0) is 11.1 Å². The fourth-order valence-electron chi connectivity index (χ4n) is 3.67. The zero-order valence-corrected chi connectivity index (χ0v) is 17.3. The molecule has 0 saturated heterocycles. The average molecular weight is 408 g/mol. The first-order chi connectivity index (χ1) is 14.8. The number of fused-ring (bicyclic) bond motifs is 2. The van der Waals surface area contributed by atoms with E-state index >= 15 is 0 Å². The van der Waals surface area contributed by atoms with Gasteiger partial charge in [0.15, 0.2) is 0 Å². The quantitative estimate of drug-likeness (QED) is 0.348. The van der Waals surface area contributed by atoms with Crippen LogP contribution in [0.4, 0.5) is 0 Å². The molecule has 0 spiro atoms. The van der Waals surface area contributed by atoms with E-state index in [1.165, 1.54) is 21.5 Å². The standard InChI is InChI=1S/C27H21O2P/c28-27-12-6-5-11-24(27)19-29-30(25-15-13-20-7-1-3-9-22(20)17-25)26-16-14-21-8-2-4-10-23(21)18-26/h1-18,28H,19H2. The molecule has 0 amide bonds. The van der Waals surface area contributed by atoms with E-state index in [9.17, 15) is 5.11 Å². The first-order valence-corrected chi connectivity index (χ1v) is 11.2. The molecule has 5 rings (SSSR count). The summed E-state index contributed by atoms with van der Waals surface area (Å²) < 4.78 is 6.48. The molecule has 0 aliphatic carbocycles. The molecule has 0 atom stereocenters. The molecule has 3 heteroatoms. The van der Waals surface area contributed by atoms with Crippen molar-refractivity contribution in [2.75, 3.05) is 0 Å². The Labute approximate surface area is 177 Å². The largest absolute Gasteiger partial charge is 0.508 e. The molecule has 1 N–H and O–H groups in total. The summed E-state index contributed by atoms with van der Waals surface area (Å²) in [6, 6.07) is 37.2. The third-order valence-corrected chi connectivity index (χ3v) is 7.16. The van der Waals surface area contributed by atoms with Crippen LogP contribution in [0, 0.1) is 0 Å². The molecule has 5 aromatic carbocycles. The van der Waals surface area contributed by atoms with Gasteiger partial charge in [-0.15, -0.1) is 0 Å². The maximum absolute atomic E-state index is 10.2. The first-order valence-electron chi connectivity index (χ1n) is 9.95. The molecular formula is C27H21O2P. The average Bonchev–Trinajstić information content (AvgIpc) is 2.80. The van der Waals surface area contributed by atoms with Gasteiger partial charge in [0, 0.05) is 16.2 Å². The van der Waals surface area contributed by atoms with Crippen LogP contribution in [0.15, 0.2) is 109 Å². The van der Waals surface area contributed by atoms with Gasteiger partial charge >= 0.3 is 0 Å². The Morgan fingerprint density at radius 3 is 1.63 bits per heavy atom. The highest BCUT2D eigenvalue weighted by atomic mass is 31.1. The molecular weight excluding hydrogens is 387 g/mol. The summed E-state index contributed by atoms with van der Waals surface area (Å²) in [7, 11) is -1.04. The minimum Gasteiger partial charge on any atom is -0.508 e. The molecule has 2 nitrogen and oxygen atoms in total. The number of phenols is 1. The van der Waals surface area contributed by atoms with Crippen LogP contribution >= 0.6 is 8.15 Å². The number of rotatable bonds is 5. The van der Waals surface area contributed by atoms with Crippen LogP contribution in [0.25, 0.3) is 21.5 Å². The van der Waals surface area contributed by atoms with Gasteiger partial charge in [-0.3, -0.25) is 0 Å². The summed E-state index contributed by atoms with van der Waals surface area (Å²) in [5.74, 6) is 0.268. The number of benzene rings is 5. The molecule has 0 unspecified atom stereocenters. The summed E-state index contributed by atoms with van der Waals surface area (Å²) in [5.41, 5.74) is 0.798. The predicted octanol–water partition coefficient (Wildman–Crippen LogP) is 6.26. The number of hydrogen-bond acceptors (Lipinski definition) is 2. The molecule has 0 aliphatic rings. The van der Waals surface area contributed by atoms with Crippen molar-refractivity contribution in [2.45, 2.75) is 6.61 Å². The third-order valence-electron chi connectivity index (χ3n) is 5.28. The fourth-order valence-corrected chi connectivity index (χ4v) is 5.47. The number of para-hydroxylation sites is 1. The highest BCUT2D eigenvalue weighted by Gasteiger charge is 2.17. The SMILES string of the molecule is Oc1ccccc1COP(c1ccc2ccccc2c1)c1ccc2ccccc2c1. The van der Waals surface area contributed by atoms with Crippen LogP contribution in [0.1, 0.15) is 5.56 Å². The van der Waals surface area contributed by atoms with Gasteiger partial charge in [0.2, 0.25) is 0 Å². The lowest BCUT2D eigenvalue weighted by Gasteiger charge is -2.20. The lowest BCUT2D eigenvalue weighted by atomic mass is 10.1. The second-order valence-electron chi connectivity index (χ2n) is 7.26. The fraction of sp³-hybridized carbons (Fsp3) is 0.0370. The lowest BCUT2D eigenvalue weighted by Crippen LogP contribution is -2.14. The van der Waals surface area contributed by atoms with Gasteiger partial charge in [0.05, 0.1) is 14.8 Å². The second-order valence-corrected chi connectivity index (χ2v) is 9.14. The smallest absolute Gasteiger partial charge is 0.121 e. The van der Waals surface area contributed by atoms with Crippen molar-refractivity contribution >= 4 is 40.3 Å². The molecule has 0 radical (unpaired) electrons. The highest BCUT2D eigenvalue weighted by Crippen LogP contribution is 2.38. The second kappa shape index (κ2) is 8.28. The van der Waals surface area contributed by atoms with Gasteiger partial charge in [0.25, 0.3) is 0 Å². The Hall–Kier alpha value is -3.19. The summed E-state index contributed by atoms with van der Waals surface area (Å²) in [4.78, 5) is 0. The summed E-state index contributed by atoms with van der Waals surface area (Å²) in [6.45, 7) is 0.359. The molecule has 0 saturated carbocycles. The number of hydrogen-bond donors (Lipinski definition) is 1. The van der Waals surface area contributed by atoms with Crippen LogP contribution in [0.2, 0.25) is 0 Å². The Morgan fingerprint density at radius 2 is 1.07 bits per heavy atom. The topological polar surface area (TPSA) is 29.5 Å². The van der Waals surface area contributed by atoms with E-state index in [-0.39, 0.29) is 5.75 Å². The van der Waals surface area contributed by atoms with E-state index in [1.54, 1.807) is 6.07 Å². The van der Waals surface area contributed by atoms with Crippen molar-refractivity contribution in [1.29, 1.82) is 0 Å². The minimum atomic E-state index is -1.04. The maximum atomic E-state index is 10.2. The minimum absolute atomic E-state index is 0.268. The van der Waals surface area contributed by atoms with Crippen LogP contribution < -0.4 is 10.6 Å². The van der Waals surface area contributed by atoms with Gasteiger partial charge in [-0.1, -0.05) is 91.0 Å². The van der Waals surface area contributed by atoms with Crippen molar-refractivity contribution < 1.29 is 9.63 Å². The molecule has 5 aromatic rings. The Bertz CT molecular complexity index is 1250. The summed E-state index contributed by atoms with van der Waals surface area (Å²) in [6.07, 6.45) is 0. The van der Waals surface area contributed by atoms with Crippen molar-refractivity contribution in [2.24, 2.45) is 0 Å². The molecule has 0 aliphatic heterocycles. The molecule has 0 heterocycles. The van der Waals surface area contributed by atoms with Crippen LogP contribution in [0.3, 0.4) is 0 Å². The Balaban J connectivity index is 1.57. The molecule has 0 bridgehead atoms. The van der Waals surface area contributed by atoms with Gasteiger partial charge in [-0.2, -0.15) is 0 Å². The van der Waals surface area contributed by atoms with Crippen molar-refractivity contribution in [1.82, 2.24) is 0 Å². The molecule has 0 aromatic heterocycles. The predicted molar refractivity (Wildman–Crippen MR) is 127 cm³/mol. The van der Waals surface area contributed by atoms with E-state index in [0.29, 0.717) is 6.61 Å². The van der Waals surface area contributed by atoms with E-state index in [2.05, 4.69) is 84.9 Å². The summed E-state index contributed by atoms with van der Waals surface area (Å²) >= 11 is 0. The van der Waals surface area contributed by atoms with Crippen molar-refractivity contribution in [3.05, 3.63) is 115 Å². The maximum Gasteiger partial charge on any atom is 0.121 e. The number of aromatic hydroxyl groups is 1. The van der Waals surface area contributed by atoms with Crippen molar-refractivity contribution in [3.8, 4) is 5.75 Å². The monoisotopic (exact) mass is 408 g/mol. The zero-order valence-electron chi connectivity index (χ0n) is 16.4. The van der Waals surface area contributed by atoms with E-state index < -0.39 is 8.15 Å². The number of phenolic OH excluding ortho intramolecular Hbond substituents is 1.